The van der Waals surface area contributed by atoms with Crippen molar-refractivity contribution < 1.29 is 41.9 Å². The van der Waals surface area contributed by atoms with E-state index in [0.717, 1.165) is 4.57 Å². The van der Waals surface area contributed by atoms with Crippen molar-refractivity contribution in [1.29, 1.82) is 0 Å². The Hall–Kier alpha value is -1.49. The summed E-state index contributed by atoms with van der Waals surface area (Å²) in [6.45, 7) is -0.216. The summed E-state index contributed by atoms with van der Waals surface area (Å²) in [5.41, 5.74) is 4.75. The van der Waals surface area contributed by atoms with Crippen LogP contribution in [0.5, 0.6) is 5.75 Å². The Morgan fingerprint density at radius 1 is 1.26 bits per heavy atom. The highest BCUT2D eigenvalue weighted by Gasteiger charge is 2.36. The average molecular weight is 495 g/mol. The molecule has 31 heavy (non-hydrogen) atoms. The fraction of sp³-hybridized carbons (Fsp3) is 0.333. The van der Waals surface area contributed by atoms with Gasteiger partial charge in [0.25, 0.3) is 0 Å². The summed E-state index contributed by atoms with van der Waals surface area (Å²) in [6, 6.07) is 9.55. The second-order valence-corrected chi connectivity index (χ2v) is 9.40. The quantitative estimate of drug-likeness (QED) is 0.348. The van der Waals surface area contributed by atoms with E-state index in [1.165, 1.54) is 12.3 Å². The van der Waals surface area contributed by atoms with E-state index in [1.54, 1.807) is 30.3 Å². The number of nitrogens with two attached hydrogens (primary N) is 1. The van der Waals surface area contributed by atoms with E-state index in [-0.39, 0.29) is 24.6 Å². The molecule has 1 aromatic carbocycles. The average Bonchev–Trinajstić information content (AvgIpc) is 3.07. The number of nitrogens with zero attached hydrogens (tertiary/aromatic N) is 2. The number of rotatable bonds is 10. The minimum Gasteiger partial charge on any atom is -0.426 e. The topological polar surface area (TPSA) is 185 Å². The lowest BCUT2D eigenvalue weighted by molar-refractivity contribution is -0.0508. The molecule has 2 aromatic rings. The lowest BCUT2D eigenvalue weighted by atomic mass is 10.2. The molecular weight excluding hydrogens is 475 g/mol. The summed E-state index contributed by atoms with van der Waals surface area (Å²) in [7, 11) is -8.46. The summed E-state index contributed by atoms with van der Waals surface area (Å²) in [5, 5.41) is 10.1. The zero-order valence-electron chi connectivity index (χ0n) is 15.8. The molecule has 0 radical (unpaired) electrons. The number of aliphatic hydroxyl groups is 1. The van der Waals surface area contributed by atoms with Gasteiger partial charge in [-0.25, -0.2) is 18.0 Å². The van der Waals surface area contributed by atoms with Crippen molar-refractivity contribution in [3.05, 3.63) is 53.1 Å². The van der Waals surface area contributed by atoms with Crippen molar-refractivity contribution in [3.63, 3.8) is 0 Å². The van der Waals surface area contributed by atoms with Crippen LogP contribution in [0.2, 0.25) is 0 Å². The van der Waals surface area contributed by atoms with Crippen LogP contribution < -0.4 is 15.9 Å². The van der Waals surface area contributed by atoms with Crippen LogP contribution in [0.25, 0.3) is 0 Å². The molecule has 0 amide bonds. The Bertz CT molecular complexity index is 936. The molecule has 1 saturated heterocycles. The zero-order chi connectivity index (χ0) is 22.4. The van der Waals surface area contributed by atoms with Gasteiger partial charge in [0.05, 0.1) is 12.7 Å². The molecule has 5 N–H and O–H groups in total. The third-order valence-corrected chi connectivity index (χ3v) is 7.01. The Labute approximate surface area is 179 Å². The smallest absolute Gasteiger partial charge is 0.374 e. The molecule has 0 aliphatic carbocycles. The van der Waals surface area contributed by atoms with Gasteiger partial charge in [0.1, 0.15) is 17.7 Å². The largest absolute Gasteiger partial charge is 0.426 e. The van der Waals surface area contributed by atoms with Gasteiger partial charge in [-0.2, -0.15) is 4.98 Å². The fourth-order valence-corrected chi connectivity index (χ4v) is 5.00. The Morgan fingerprint density at radius 2 is 2.00 bits per heavy atom. The Morgan fingerprint density at radius 3 is 2.71 bits per heavy atom. The first kappa shape index (κ1) is 24.2. The van der Waals surface area contributed by atoms with E-state index in [9.17, 15) is 24.3 Å². The second-order valence-electron chi connectivity index (χ2n) is 6.10. The highest BCUT2D eigenvalue weighted by Crippen LogP contribution is 2.54. The summed E-state index contributed by atoms with van der Waals surface area (Å²) >= 11 is 0. The first-order chi connectivity index (χ1) is 14.8. The standard InChI is InChI=1S/C15H20N3O10P3/c16-13-6-7-18(15(20)17-13)14-12(19)8-11(25-14)9-24-29(21)27-31(23)28-30(22)26-10-4-2-1-3-5-10/h1-7,11-12,14,19,21,23,30H,8-9H2,(H2,16,17,20). The molecule has 0 bridgehead atoms. The van der Waals surface area contributed by atoms with Crippen LogP contribution in [0.4, 0.5) is 5.82 Å². The molecule has 0 spiro atoms. The molecule has 6 unspecified atom stereocenters. The molecule has 1 aromatic heterocycles. The van der Waals surface area contributed by atoms with Gasteiger partial charge >= 0.3 is 31.1 Å². The van der Waals surface area contributed by atoms with Gasteiger partial charge < -0.3 is 34.4 Å². The number of hydrogen-bond donors (Lipinski definition) is 4. The lowest BCUT2D eigenvalue weighted by Crippen LogP contribution is -2.31. The lowest BCUT2D eigenvalue weighted by Gasteiger charge is -2.18. The second kappa shape index (κ2) is 11.4. The number of aliphatic hydroxyl groups excluding tert-OH is 1. The molecular formula is C15H20N3O10P3. The first-order valence-corrected chi connectivity index (χ1v) is 12.2. The number of aromatic nitrogens is 2. The van der Waals surface area contributed by atoms with Crippen molar-refractivity contribution in [2.24, 2.45) is 0 Å². The van der Waals surface area contributed by atoms with E-state index in [0.29, 0.717) is 0 Å². The van der Waals surface area contributed by atoms with Crippen molar-refractivity contribution in [2.45, 2.75) is 24.9 Å². The van der Waals surface area contributed by atoms with Crippen molar-refractivity contribution >= 4 is 31.3 Å². The van der Waals surface area contributed by atoms with E-state index in [4.69, 9.17) is 23.8 Å². The van der Waals surface area contributed by atoms with Crippen LogP contribution >= 0.6 is 25.5 Å². The minimum atomic E-state index is -3.13. The number of anilines is 1. The number of benzene rings is 1. The van der Waals surface area contributed by atoms with Gasteiger partial charge in [-0.15, -0.1) is 0 Å². The predicted molar refractivity (Wildman–Crippen MR) is 110 cm³/mol. The molecule has 13 nitrogen and oxygen atoms in total. The summed E-state index contributed by atoms with van der Waals surface area (Å²) in [5.74, 6) is 0.315. The van der Waals surface area contributed by atoms with Crippen LogP contribution in [-0.4, -0.2) is 43.3 Å². The van der Waals surface area contributed by atoms with Gasteiger partial charge in [-0.3, -0.25) is 4.57 Å². The van der Waals surface area contributed by atoms with E-state index < -0.39 is 49.6 Å². The van der Waals surface area contributed by atoms with Gasteiger partial charge in [0.2, 0.25) is 0 Å². The van der Waals surface area contributed by atoms with E-state index >= 15 is 0 Å². The maximum atomic E-state index is 11.9. The molecule has 1 aliphatic heterocycles. The predicted octanol–water partition coefficient (Wildman–Crippen LogP) is 1.43. The van der Waals surface area contributed by atoms with E-state index in [2.05, 4.69) is 9.29 Å². The molecule has 170 valence electrons. The third-order valence-electron chi connectivity index (χ3n) is 3.90. The molecule has 1 fully saturated rings. The molecule has 2 heterocycles. The maximum Gasteiger partial charge on any atom is 0.374 e. The Kier molecular flexibility index (Phi) is 8.88. The van der Waals surface area contributed by atoms with E-state index in [1.807, 2.05) is 0 Å². The highest BCUT2D eigenvalue weighted by atomic mass is 31.3. The number of nitrogen functional groups attached to an aromatic ring is 1. The molecule has 3 rings (SSSR count). The zero-order valence-corrected chi connectivity index (χ0v) is 18.5. The fourth-order valence-electron chi connectivity index (χ4n) is 2.62. The van der Waals surface area contributed by atoms with Crippen LogP contribution in [-0.2, 0) is 22.4 Å². The molecule has 1 aliphatic rings. The third kappa shape index (κ3) is 7.27. The van der Waals surface area contributed by atoms with Crippen LogP contribution in [0.15, 0.2) is 47.4 Å². The van der Waals surface area contributed by atoms with Crippen molar-refractivity contribution in [3.8, 4) is 5.75 Å². The van der Waals surface area contributed by atoms with Gasteiger partial charge in [-0.1, -0.05) is 18.2 Å². The summed E-state index contributed by atoms with van der Waals surface area (Å²) in [4.78, 5) is 34.9. The number of hydrogen-bond acceptors (Lipinski definition) is 12. The van der Waals surface area contributed by atoms with Gasteiger partial charge in [-0.05, 0) is 18.2 Å². The normalized spacial score (nSPS) is 23.9. The number of para-hydroxylation sites is 1. The maximum absolute atomic E-state index is 11.9. The molecule has 16 heteroatoms. The summed E-state index contributed by atoms with van der Waals surface area (Å²) < 4.78 is 37.9. The van der Waals surface area contributed by atoms with Crippen LogP contribution in [0.1, 0.15) is 12.6 Å². The minimum absolute atomic E-state index is 0.0381. The van der Waals surface area contributed by atoms with Crippen molar-refractivity contribution in [2.75, 3.05) is 12.3 Å². The van der Waals surface area contributed by atoms with Crippen LogP contribution in [0, 0.1) is 0 Å². The van der Waals surface area contributed by atoms with Crippen molar-refractivity contribution in [1.82, 2.24) is 9.55 Å². The van der Waals surface area contributed by atoms with Gasteiger partial charge in [0.15, 0.2) is 6.23 Å². The Balaban J connectivity index is 1.41. The SMILES string of the molecule is Nc1ccn(C2OC(COP(O)OP(O)O[PH](=O)Oc3ccccc3)CC2O)c(=O)n1. The molecule has 6 atom stereocenters. The summed E-state index contributed by atoms with van der Waals surface area (Å²) in [6.07, 6.45) is -1.26. The highest BCUT2D eigenvalue weighted by molar-refractivity contribution is 7.58. The van der Waals surface area contributed by atoms with Crippen LogP contribution in [0.3, 0.4) is 0 Å². The monoisotopic (exact) mass is 495 g/mol. The van der Waals surface area contributed by atoms with Gasteiger partial charge in [0, 0.05) is 12.6 Å². The first-order valence-electron chi connectivity index (χ1n) is 8.74. The number of ether oxygens (including phenoxy) is 1. The molecule has 0 saturated carbocycles.